The zero-order valence-corrected chi connectivity index (χ0v) is 16.0. The van der Waals surface area contributed by atoms with Crippen LogP contribution in [0.3, 0.4) is 0 Å². The zero-order chi connectivity index (χ0) is 20.1. The Morgan fingerprint density at radius 1 is 1.14 bits per heavy atom. The molecule has 1 aromatic heterocycles. The fraction of sp³-hybridized carbons (Fsp3) is 0.217. The van der Waals surface area contributed by atoms with Crippen molar-refractivity contribution in [3.05, 3.63) is 95.4 Å². The molecular formula is C23H23FN4O. The molecule has 1 saturated heterocycles. The average molecular weight is 390 g/mol. The highest BCUT2D eigenvalue weighted by Crippen LogP contribution is 2.24. The number of hydrogen-bond acceptors (Lipinski definition) is 4. The van der Waals surface area contributed by atoms with Gasteiger partial charge in [-0.15, -0.1) is 0 Å². The summed E-state index contributed by atoms with van der Waals surface area (Å²) >= 11 is 0. The van der Waals surface area contributed by atoms with Gasteiger partial charge in [-0.05, 0) is 35.4 Å². The van der Waals surface area contributed by atoms with Crippen LogP contribution in [0.5, 0.6) is 0 Å². The van der Waals surface area contributed by atoms with Crippen LogP contribution in [0.2, 0.25) is 0 Å². The van der Waals surface area contributed by atoms with Crippen molar-refractivity contribution in [1.82, 2.24) is 15.6 Å². The number of hydrogen-bond donors (Lipinski definition) is 2. The maximum atomic E-state index is 13.4. The van der Waals surface area contributed by atoms with Crippen molar-refractivity contribution in [2.24, 2.45) is 0 Å². The van der Waals surface area contributed by atoms with Crippen molar-refractivity contribution in [2.75, 3.05) is 24.5 Å². The number of carbonyl (C=O) groups excluding carboxylic acids is 1. The molecule has 148 valence electrons. The molecular weight excluding hydrogens is 367 g/mol. The lowest BCUT2D eigenvalue weighted by Crippen LogP contribution is -2.46. The Morgan fingerprint density at radius 2 is 2.00 bits per heavy atom. The quantitative estimate of drug-likeness (QED) is 0.702. The number of anilines is 1. The Hall–Kier alpha value is -3.25. The summed E-state index contributed by atoms with van der Waals surface area (Å²) in [6, 6.07) is 20.2. The highest BCUT2D eigenvalue weighted by atomic mass is 19.1. The molecule has 0 saturated carbocycles. The molecule has 5 nitrogen and oxygen atoms in total. The van der Waals surface area contributed by atoms with Crippen LogP contribution in [0.4, 0.5) is 10.2 Å². The number of nitrogens with zero attached hydrogens (tertiary/aromatic N) is 2. The lowest BCUT2D eigenvalue weighted by molar-refractivity contribution is 0.0951. The first-order valence-corrected chi connectivity index (χ1v) is 9.71. The molecule has 2 N–H and O–H groups in total. The second kappa shape index (κ2) is 8.84. The molecule has 3 aromatic rings. The van der Waals surface area contributed by atoms with E-state index in [9.17, 15) is 9.18 Å². The summed E-state index contributed by atoms with van der Waals surface area (Å²) in [5.41, 5.74) is 2.46. The summed E-state index contributed by atoms with van der Waals surface area (Å²) in [6.45, 7) is 2.56. The molecule has 0 unspecified atom stereocenters. The Balaban J connectivity index is 1.49. The van der Waals surface area contributed by atoms with Crippen molar-refractivity contribution in [3.63, 3.8) is 0 Å². The predicted octanol–water partition coefficient (Wildman–Crippen LogP) is 3.30. The first-order chi connectivity index (χ1) is 14.2. The van der Waals surface area contributed by atoms with Gasteiger partial charge in [0.05, 0.1) is 5.56 Å². The number of benzene rings is 2. The molecule has 1 amide bonds. The normalized spacial score (nSPS) is 16.4. The van der Waals surface area contributed by atoms with Crippen LogP contribution >= 0.6 is 0 Å². The Kier molecular flexibility index (Phi) is 5.81. The molecule has 0 spiro atoms. The largest absolute Gasteiger partial charge is 0.353 e. The van der Waals surface area contributed by atoms with E-state index in [0.717, 1.165) is 25.2 Å². The minimum atomic E-state index is -0.313. The van der Waals surface area contributed by atoms with Crippen LogP contribution in [-0.4, -0.2) is 30.5 Å². The molecule has 2 aromatic carbocycles. The van der Waals surface area contributed by atoms with Crippen molar-refractivity contribution < 1.29 is 9.18 Å². The van der Waals surface area contributed by atoms with Crippen LogP contribution in [-0.2, 0) is 6.54 Å². The summed E-state index contributed by atoms with van der Waals surface area (Å²) in [5, 5.41) is 6.41. The van der Waals surface area contributed by atoms with E-state index in [-0.39, 0.29) is 24.3 Å². The smallest absolute Gasteiger partial charge is 0.255 e. The van der Waals surface area contributed by atoms with Crippen LogP contribution in [0.1, 0.15) is 27.5 Å². The Morgan fingerprint density at radius 3 is 2.83 bits per heavy atom. The number of amides is 1. The van der Waals surface area contributed by atoms with E-state index >= 15 is 0 Å². The highest BCUT2D eigenvalue weighted by Gasteiger charge is 2.25. The summed E-state index contributed by atoms with van der Waals surface area (Å²) < 4.78 is 13.4. The van der Waals surface area contributed by atoms with Crippen LogP contribution in [0.15, 0.2) is 72.9 Å². The molecule has 29 heavy (non-hydrogen) atoms. The molecule has 0 bridgehead atoms. The van der Waals surface area contributed by atoms with Crippen LogP contribution in [0.25, 0.3) is 0 Å². The Labute approximate surface area is 169 Å². The van der Waals surface area contributed by atoms with Gasteiger partial charge in [-0.3, -0.25) is 4.79 Å². The van der Waals surface area contributed by atoms with Crippen LogP contribution in [0, 0.1) is 5.82 Å². The molecule has 0 radical (unpaired) electrons. The summed E-state index contributed by atoms with van der Waals surface area (Å²) in [4.78, 5) is 19.5. The molecule has 4 rings (SSSR count). The fourth-order valence-electron chi connectivity index (χ4n) is 3.60. The highest BCUT2D eigenvalue weighted by molar-refractivity contribution is 5.98. The van der Waals surface area contributed by atoms with E-state index in [2.05, 4.69) is 32.7 Å². The summed E-state index contributed by atoms with van der Waals surface area (Å²) in [5.74, 6) is 0.144. The maximum absolute atomic E-state index is 13.4. The van der Waals surface area contributed by atoms with Crippen molar-refractivity contribution in [2.45, 2.75) is 12.6 Å². The number of carbonyl (C=O) groups is 1. The number of pyridine rings is 1. The number of aromatic nitrogens is 1. The van der Waals surface area contributed by atoms with E-state index in [1.54, 1.807) is 30.5 Å². The number of piperazine rings is 1. The van der Waals surface area contributed by atoms with Crippen LogP contribution < -0.4 is 15.5 Å². The van der Waals surface area contributed by atoms with E-state index in [1.165, 1.54) is 17.7 Å². The average Bonchev–Trinajstić information content (AvgIpc) is 2.78. The van der Waals surface area contributed by atoms with Crippen molar-refractivity contribution >= 4 is 11.7 Å². The fourth-order valence-corrected chi connectivity index (χ4v) is 3.60. The van der Waals surface area contributed by atoms with E-state index < -0.39 is 0 Å². The van der Waals surface area contributed by atoms with E-state index in [4.69, 9.17) is 0 Å². The van der Waals surface area contributed by atoms with Gasteiger partial charge in [0, 0.05) is 38.4 Å². The van der Waals surface area contributed by atoms with Gasteiger partial charge in [-0.2, -0.15) is 0 Å². The lowest BCUT2D eigenvalue weighted by atomic mass is 10.0. The molecule has 0 aliphatic carbocycles. The van der Waals surface area contributed by atoms with Gasteiger partial charge in [-0.25, -0.2) is 9.37 Å². The van der Waals surface area contributed by atoms with Gasteiger partial charge in [0.15, 0.2) is 0 Å². The third-order valence-corrected chi connectivity index (χ3v) is 5.05. The van der Waals surface area contributed by atoms with Gasteiger partial charge in [0.25, 0.3) is 5.91 Å². The number of halogens is 1. The lowest BCUT2D eigenvalue weighted by Gasteiger charge is -2.35. The number of rotatable bonds is 5. The molecule has 1 fully saturated rings. The van der Waals surface area contributed by atoms with Gasteiger partial charge in [-0.1, -0.05) is 42.5 Å². The summed E-state index contributed by atoms with van der Waals surface area (Å²) in [6.07, 6.45) is 1.71. The minimum Gasteiger partial charge on any atom is -0.353 e. The third-order valence-electron chi connectivity index (χ3n) is 5.05. The van der Waals surface area contributed by atoms with E-state index in [1.807, 2.05) is 18.2 Å². The molecule has 1 atom stereocenters. The second-order valence-electron chi connectivity index (χ2n) is 7.05. The predicted molar refractivity (Wildman–Crippen MR) is 111 cm³/mol. The maximum Gasteiger partial charge on any atom is 0.255 e. The Bertz CT molecular complexity index is 979. The van der Waals surface area contributed by atoms with E-state index in [0.29, 0.717) is 11.4 Å². The SMILES string of the molecule is O=C(NCc1cccc(F)c1)c1cccnc1N1CCN[C@H](c2ccccc2)C1. The minimum absolute atomic E-state index is 0.176. The van der Waals surface area contributed by atoms with Crippen molar-refractivity contribution in [3.8, 4) is 0 Å². The molecule has 2 heterocycles. The van der Waals surface area contributed by atoms with Gasteiger partial charge < -0.3 is 15.5 Å². The second-order valence-corrected chi connectivity index (χ2v) is 7.05. The van der Waals surface area contributed by atoms with Gasteiger partial charge in [0.2, 0.25) is 0 Å². The number of nitrogens with one attached hydrogen (secondary N) is 2. The standard InChI is InChI=1S/C23H23FN4O/c24-19-9-4-6-17(14-19)15-27-23(29)20-10-5-11-26-22(20)28-13-12-25-21(16-28)18-7-2-1-3-8-18/h1-11,14,21,25H,12-13,15-16H2,(H,27,29)/t21-/m0/s1. The van der Waals surface area contributed by atoms with Crippen molar-refractivity contribution in [1.29, 1.82) is 0 Å². The summed E-state index contributed by atoms with van der Waals surface area (Å²) in [7, 11) is 0. The first kappa shape index (κ1) is 19.1. The molecule has 6 heteroatoms. The monoisotopic (exact) mass is 390 g/mol. The third kappa shape index (κ3) is 4.60. The molecule has 1 aliphatic rings. The first-order valence-electron chi connectivity index (χ1n) is 9.71. The van der Waals surface area contributed by atoms with Gasteiger partial charge in [0.1, 0.15) is 11.6 Å². The topological polar surface area (TPSA) is 57.3 Å². The van der Waals surface area contributed by atoms with Gasteiger partial charge >= 0.3 is 0 Å². The zero-order valence-electron chi connectivity index (χ0n) is 16.0. The molecule has 1 aliphatic heterocycles.